The molecule has 2 aliphatic rings. The molecule has 8 heteroatoms. The highest BCUT2D eigenvalue weighted by atomic mass is 32.2. The number of nitrogens with one attached hydrogen (secondary N) is 1. The minimum Gasteiger partial charge on any atom is -0.379 e. The molecule has 0 bridgehead atoms. The SMILES string of the molecule is CC[C@@H](CN1CCOCC1)NS(=O)(=O)c1ccc2c(c1)CCCN2C(C)=O. The van der Waals surface area contributed by atoms with Crippen molar-refractivity contribution in [2.75, 3.05) is 44.3 Å². The van der Waals surface area contributed by atoms with E-state index in [0.717, 1.165) is 43.6 Å². The first-order chi connectivity index (χ1) is 12.9. The lowest BCUT2D eigenvalue weighted by molar-refractivity contribution is -0.116. The van der Waals surface area contributed by atoms with E-state index in [9.17, 15) is 13.2 Å². The maximum atomic E-state index is 12.9. The predicted octanol–water partition coefficient (Wildman–Crippen LogP) is 1.37. The minimum absolute atomic E-state index is 0.0127. The molecular formula is C19H29N3O4S. The topological polar surface area (TPSA) is 79.0 Å². The van der Waals surface area contributed by atoms with Gasteiger partial charge in [0.2, 0.25) is 15.9 Å². The molecule has 0 aliphatic carbocycles. The molecule has 2 aliphatic heterocycles. The van der Waals surface area contributed by atoms with Gasteiger partial charge in [-0.3, -0.25) is 9.69 Å². The van der Waals surface area contributed by atoms with Gasteiger partial charge in [-0.15, -0.1) is 0 Å². The van der Waals surface area contributed by atoms with Gasteiger partial charge in [0.1, 0.15) is 0 Å². The molecule has 150 valence electrons. The Bertz CT molecular complexity index is 775. The van der Waals surface area contributed by atoms with Crippen molar-refractivity contribution in [3.05, 3.63) is 23.8 Å². The Kier molecular flexibility index (Phi) is 6.52. The number of aryl methyl sites for hydroxylation is 1. The van der Waals surface area contributed by atoms with E-state index in [2.05, 4.69) is 9.62 Å². The van der Waals surface area contributed by atoms with Gasteiger partial charge in [0, 0.05) is 44.8 Å². The molecule has 1 amide bonds. The number of carbonyl (C=O) groups is 1. The van der Waals surface area contributed by atoms with Crippen LogP contribution in [0.25, 0.3) is 0 Å². The highest BCUT2D eigenvalue weighted by molar-refractivity contribution is 7.89. The first kappa shape index (κ1) is 20.3. The molecule has 1 N–H and O–H groups in total. The van der Waals surface area contributed by atoms with Crippen molar-refractivity contribution >= 4 is 21.6 Å². The minimum atomic E-state index is -3.60. The number of morpholine rings is 1. The number of hydrogen-bond acceptors (Lipinski definition) is 5. The number of ether oxygens (including phenoxy) is 1. The van der Waals surface area contributed by atoms with Gasteiger partial charge in [-0.25, -0.2) is 13.1 Å². The fourth-order valence-corrected chi connectivity index (χ4v) is 5.06. The number of carbonyl (C=O) groups excluding carboxylic acids is 1. The van der Waals surface area contributed by atoms with Crippen LogP contribution in [-0.2, 0) is 26.0 Å². The Morgan fingerprint density at radius 3 is 2.67 bits per heavy atom. The summed E-state index contributed by atoms with van der Waals surface area (Å²) < 4.78 is 34.0. The van der Waals surface area contributed by atoms with E-state index in [1.165, 1.54) is 0 Å². The summed E-state index contributed by atoms with van der Waals surface area (Å²) in [4.78, 5) is 16.0. The zero-order valence-corrected chi connectivity index (χ0v) is 16.9. The predicted molar refractivity (Wildman–Crippen MR) is 104 cm³/mol. The summed E-state index contributed by atoms with van der Waals surface area (Å²) in [6.45, 7) is 7.95. The fourth-order valence-electron chi connectivity index (χ4n) is 3.70. The van der Waals surface area contributed by atoms with Crippen molar-refractivity contribution in [1.82, 2.24) is 9.62 Å². The Balaban J connectivity index is 1.74. The van der Waals surface area contributed by atoms with E-state index in [1.54, 1.807) is 30.0 Å². The summed E-state index contributed by atoms with van der Waals surface area (Å²) in [5.74, 6) is -0.0127. The van der Waals surface area contributed by atoms with E-state index in [1.807, 2.05) is 6.92 Å². The summed E-state index contributed by atoms with van der Waals surface area (Å²) in [6, 6.07) is 4.93. The molecular weight excluding hydrogens is 366 g/mol. The number of fused-ring (bicyclic) bond motifs is 1. The molecule has 1 fully saturated rings. The van der Waals surface area contributed by atoms with Gasteiger partial charge >= 0.3 is 0 Å². The summed E-state index contributed by atoms with van der Waals surface area (Å²) in [7, 11) is -3.60. The first-order valence-electron chi connectivity index (χ1n) is 9.64. The molecule has 2 heterocycles. The van der Waals surface area contributed by atoms with Crippen molar-refractivity contribution in [3.63, 3.8) is 0 Å². The van der Waals surface area contributed by atoms with E-state index < -0.39 is 10.0 Å². The molecule has 0 unspecified atom stereocenters. The lowest BCUT2D eigenvalue weighted by atomic mass is 10.0. The lowest BCUT2D eigenvalue weighted by Crippen LogP contribution is -2.47. The summed E-state index contributed by atoms with van der Waals surface area (Å²) in [5.41, 5.74) is 1.74. The van der Waals surface area contributed by atoms with Gasteiger partial charge < -0.3 is 9.64 Å². The number of sulfonamides is 1. The number of amides is 1. The highest BCUT2D eigenvalue weighted by Crippen LogP contribution is 2.29. The van der Waals surface area contributed by atoms with E-state index in [4.69, 9.17) is 4.74 Å². The maximum absolute atomic E-state index is 12.9. The van der Waals surface area contributed by atoms with Crippen LogP contribution in [0.2, 0.25) is 0 Å². The average Bonchev–Trinajstić information content (AvgIpc) is 2.67. The number of rotatable bonds is 6. The molecule has 1 atom stereocenters. The van der Waals surface area contributed by atoms with Crippen molar-refractivity contribution < 1.29 is 17.9 Å². The van der Waals surface area contributed by atoms with Crippen LogP contribution in [0.5, 0.6) is 0 Å². The van der Waals surface area contributed by atoms with Crippen molar-refractivity contribution in [1.29, 1.82) is 0 Å². The normalized spacial score (nSPS) is 19.6. The Morgan fingerprint density at radius 1 is 1.26 bits per heavy atom. The largest absolute Gasteiger partial charge is 0.379 e. The molecule has 1 aromatic rings. The number of nitrogens with zero attached hydrogens (tertiary/aromatic N) is 2. The molecule has 3 rings (SSSR count). The first-order valence-corrected chi connectivity index (χ1v) is 11.1. The smallest absolute Gasteiger partial charge is 0.240 e. The third-order valence-electron chi connectivity index (χ3n) is 5.26. The van der Waals surface area contributed by atoms with Crippen LogP contribution in [0.15, 0.2) is 23.1 Å². The zero-order chi connectivity index (χ0) is 19.4. The molecule has 7 nitrogen and oxygen atoms in total. The van der Waals surface area contributed by atoms with Crippen LogP contribution >= 0.6 is 0 Å². The third kappa shape index (κ3) is 4.87. The Hall–Kier alpha value is -1.48. The monoisotopic (exact) mass is 395 g/mol. The molecule has 0 aromatic heterocycles. The van der Waals surface area contributed by atoms with Gasteiger partial charge in [-0.2, -0.15) is 0 Å². The van der Waals surface area contributed by atoms with E-state index in [-0.39, 0.29) is 16.8 Å². The third-order valence-corrected chi connectivity index (χ3v) is 6.78. The Labute approximate surface area is 161 Å². The number of anilines is 1. The van der Waals surface area contributed by atoms with Gasteiger partial charge in [-0.05, 0) is 43.0 Å². The zero-order valence-electron chi connectivity index (χ0n) is 16.1. The second-order valence-electron chi connectivity index (χ2n) is 7.20. The molecule has 0 spiro atoms. The second-order valence-corrected chi connectivity index (χ2v) is 8.92. The van der Waals surface area contributed by atoms with Crippen LogP contribution in [0, 0.1) is 0 Å². The summed E-state index contributed by atoms with van der Waals surface area (Å²) in [5, 5.41) is 0. The fraction of sp³-hybridized carbons (Fsp3) is 0.632. The van der Waals surface area contributed by atoms with Gasteiger partial charge in [0.25, 0.3) is 0 Å². The van der Waals surface area contributed by atoms with Crippen LogP contribution in [0.3, 0.4) is 0 Å². The lowest BCUT2D eigenvalue weighted by Gasteiger charge is -2.31. The van der Waals surface area contributed by atoms with Crippen molar-refractivity contribution in [2.45, 2.75) is 44.0 Å². The van der Waals surface area contributed by atoms with Crippen LogP contribution in [0.4, 0.5) is 5.69 Å². The van der Waals surface area contributed by atoms with Crippen molar-refractivity contribution in [2.24, 2.45) is 0 Å². The average molecular weight is 396 g/mol. The van der Waals surface area contributed by atoms with Gasteiger partial charge in [0.05, 0.1) is 18.1 Å². The van der Waals surface area contributed by atoms with Crippen LogP contribution < -0.4 is 9.62 Å². The molecule has 0 radical (unpaired) electrons. The van der Waals surface area contributed by atoms with Crippen molar-refractivity contribution in [3.8, 4) is 0 Å². The summed E-state index contributed by atoms with van der Waals surface area (Å²) >= 11 is 0. The van der Waals surface area contributed by atoms with Crippen LogP contribution in [-0.4, -0.2) is 64.7 Å². The Morgan fingerprint density at radius 2 is 2.00 bits per heavy atom. The van der Waals surface area contributed by atoms with E-state index in [0.29, 0.717) is 26.3 Å². The quantitative estimate of drug-likeness (QED) is 0.787. The molecule has 0 saturated carbocycles. The maximum Gasteiger partial charge on any atom is 0.240 e. The summed E-state index contributed by atoms with van der Waals surface area (Å²) in [6.07, 6.45) is 2.35. The van der Waals surface area contributed by atoms with E-state index >= 15 is 0 Å². The van der Waals surface area contributed by atoms with Gasteiger partial charge in [0.15, 0.2) is 0 Å². The molecule has 27 heavy (non-hydrogen) atoms. The second kappa shape index (κ2) is 8.68. The molecule has 1 saturated heterocycles. The number of hydrogen-bond donors (Lipinski definition) is 1. The standard InChI is InChI=1S/C19H29N3O4S/c1-3-17(14-21-9-11-26-12-10-21)20-27(24,25)18-6-7-19-16(13-18)5-4-8-22(19)15(2)23/h6-7,13,17,20H,3-5,8-12,14H2,1-2H3/t17-/m0/s1. The highest BCUT2D eigenvalue weighted by Gasteiger charge is 2.25. The number of benzene rings is 1. The van der Waals surface area contributed by atoms with Gasteiger partial charge in [-0.1, -0.05) is 6.92 Å². The molecule has 1 aromatic carbocycles. The van der Waals surface area contributed by atoms with Crippen LogP contribution in [0.1, 0.15) is 32.3 Å².